The molecular formula is C22H20FN5O2. The maximum atomic E-state index is 13.2. The zero-order valence-corrected chi connectivity index (χ0v) is 16.1. The molecular weight excluding hydrogens is 385 g/mol. The average Bonchev–Trinajstić information content (AvgIpc) is 2.75. The molecule has 2 heterocycles. The number of nitriles is 1. The quantitative estimate of drug-likeness (QED) is 0.595. The number of pyridine rings is 2. The average molecular weight is 405 g/mol. The maximum Gasteiger partial charge on any atom is 0.255 e. The van der Waals surface area contributed by atoms with Gasteiger partial charge in [-0.05, 0) is 30.3 Å². The van der Waals surface area contributed by atoms with E-state index in [4.69, 9.17) is 15.7 Å². The number of amides is 1. The van der Waals surface area contributed by atoms with E-state index in [1.165, 1.54) is 12.1 Å². The number of carbonyl (C=O) groups excluding carboxylic acids is 1. The van der Waals surface area contributed by atoms with Crippen molar-refractivity contribution in [2.24, 2.45) is 0 Å². The second kappa shape index (κ2) is 9.98. The maximum absolute atomic E-state index is 13.2. The molecule has 7 nitrogen and oxygen atoms in total. The number of aryl methyl sites for hydroxylation is 1. The first-order valence-electron chi connectivity index (χ1n) is 9.28. The second-order valence-electron chi connectivity index (χ2n) is 6.48. The summed E-state index contributed by atoms with van der Waals surface area (Å²) in [6.45, 7) is 0.475. The van der Waals surface area contributed by atoms with Crippen LogP contribution in [0.3, 0.4) is 0 Å². The van der Waals surface area contributed by atoms with Crippen LogP contribution in [-0.4, -0.2) is 15.9 Å². The monoisotopic (exact) mass is 405 g/mol. The first kappa shape index (κ1) is 20.7. The van der Waals surface area contributed by atoms with Crippen LogP contribution in [0.15, 0.2) is 54.7 Å². The number of nitrogens with two attached hydrogens (primary N) is 1. The highest BCUT2D eigenvalue weighted by Crippen LogP contribution is 2.14. The van der Waals surface area contributed by atoms with Gasteiger partial charge in [0.05, 0.1) is 23.9 Å². The van der Waals surface area contributed by atoms with Gasteiger partial charge in [0.15, 0.2) is 0 Å². The summed E-state index contributed by atoms with van der Waals surface area (Å²) in [5.74, 6) is -0.145. The minimum Gasteiger partial charge on any atom is -0.489 e. The fourth-order valence-corrected chi connectivity index (χ4v) is 2.67. The summed E-state index contributed by atoms with van der Waals surface area (Å²) in [6, 6.07) is 14.9. The molecule has 3 rings (SSSR count). The first-order valence-corrected chi connectivity index (χ1v) is 9.28. The third-order valence-corrected chi connectivity index (χ3v) is 4.24. The molecule has 1 amide bonds. The molecule has 152 valence electrons. The minimum atomic E-state index is -0.357. The van der Waals surface area contributed by atoms with Gasteiger partial charge in [0, 0.05) is 36.4 Å². The molecule has 3 aromatic rings. The Morgan fingerprint density at radius 1 is 1.20 bits per heavy atom. The van der Waals surface area contributed by atoms with E-state index in [2.05, 4.69) is 15.3 Å². The molecule has 0 aliphatic rings. The van der Waals surface area contributed by atoms with Crippen LogP contribution in [0.4, 0.5) is 10.2 Å². The van der Waals surface area contributed by atoms with Crippen molar-refractivity contribution in [3.05, 3.63) is 83.1 Å². The van der Waals surface area contributed by atoms with Crippen LogP contribution in [0.1, 0.15) is 33.7 Å². The number of nitrogens with zero attached hydrogens (tertiary/aromatic N) is 3. The summed E-state index contributed by atoms with van der Waals surface area (Å²) in [5, 5.41) is 11.4. The SMILES string of the molecule is N#CCCc1ccc(C(=O)NCc2ccc(COc3cccc(F)c3)cn2)c(N)n1. The number of ether oxygens (including phenoxy) is 1. The van der Waals surface area contributed by atoms with Crippen LogP contribution in [0.5, 0.6) is 5.75 Å². The van der Waals surface area contributed by atoms with Gasteiger partial charge in [0.2, 0.25) is 0 Å². The highest BCUT2D eigenvalue weighted by molar-refractivity contribution is 5.98. The van der Waals surface area contributed by atoms with Crippen LogP contribution < -0.4 is 15.8 Å². The zero-order chi connectivity index (χ0) is 21.3. The number of nitrogens with one attached hydrogen (secondary N) is 1. The molecule has 0 unspecified atom stereocenters. The molecule has 0 spiro atoms. The van der Waals surface area contributed by atoms with Crippen molar-refractivity contribution < 1.29 is 13.9 Å². The van der Waals surface area contributed by atoms with Crippen molar-refractivity contribution in [2.75, 3.05) is 5.73 Å². The van der Waals surface area contributed by atoms with Crippen molar-refractivity contribution in [3.8, 4) is 11.8 Å². The van der Waals surface area contributed by atoms with E-state index in [0.29, 0.717) is 30.0 Å². The third kappa shape index (κ3) is 5.75. The van der Waals surface area contributed by atoms with Crippen LogP contribution in [-0.2, 0) is 19.6 Å². The van der Waals surface area contributed by atoms with E-state index < -0.39 is 0 Å². The predicted molar refractivity (Wildman–Crippen MR) is 109 cm³/mol. The highest BCUT2D eigenvalue weighted by Gasteiger charge is 2.11. The Hall–Kier alpha value is -3.99. The van der Waals surface area contributed by atoms with Gasteiger partial charge in [-0.1, -0.05) is 12.1 Å². The molecule has 1 aromatic carbocycles. The summed E-state index contributed by atoms with van der Waals surface area (Å²) in [4.78, 5) is 20.8. The number of nitrogen functional groups attached to an aromatic ring is 1. The molecule has 0 radical (unpaired) electrons. The molecule has 0 saturated carbocycles. The summed E-state index contributed by atoms with van der Waals surface area (Å²) in [7, 11) is 0. The smallest absolute Gasteiger partial charge is 0.255 e. The normalized spacial score (nSPS) is 10.3. The van der Waals surface area contributed by atoms with Crippen LogP contribution in [0, 0.1) is 17.1 Å². The standard InChI is InChI=1S/C22H20FN5O2/c23-16-3-1-5-19(11-16)30-14-15-6-7-18(26-12-15)13-27-22(29)20-9-8-17(4-2-10-24)28-21(20)25/h1,3,5-9,11-12H,2,4,13-14H2,(H2,25,28)(H,27,29). The lowest BCUT2D eigenvalue weighted by atomic mass is 10.1. The molecule has 0 fully saturated rings. The van der Waals surface area contributed by atoms with Crippen LogP contribution in [0.25, 0.3) is 0 Å². The Labute approximate surface area is 173 Å². The lowest BCUT2D eigenvalue weighted by Crippen LogP contribution is -2.24. The summed E-state index contributed by atoms with van der Waals surface area (Å²) >= 11 is 0. The number of hydrogen-bond donors (Lipinski definition) is 2. The number of anilines is 1. The molecule has 8 heteroatoms. The van der Waals surface area contributed by atoms with E-state index in [1.54, 1.807) is 36.5 Å². The van der Waals surface area contributed by atoms with Crippen molar-refractivity contribution in [1.29, 1.82) is 5.26 Å². The van der Waals surface area contributed by atoms with Crippen molar-refractivity contribution in [1.82, 2.24) is 15.3 Å². The number of carbonyl (C=O) groups is 1. The fourth-order valence-electron chi connectivity index (χ4n) is 2.67. The van der Waals surface area contributed by atoms with E-state index in [9.17, 15) is 9.18 Å². The summed E-state index contributed by atoms with van der Waals surface area (Å²) in [6.07, 6.45) is 2.47. The molecule has 0 aliphatic carbocycles. The lowest BCUT2D eigenvalue weighted by Gasteiger charge is -2.09. The topological polar surface area (TPSA) is 114 Å². The Balaban J connectivity index is 1.52. The number of halogens is 1. The molecule has 0 atom stereocenters. The summed E-state index contributed by atoms with van der Waals surface area (Å²) < 4.78 is 18.7. The molecule has 30 heavy (non-hydrogen) atoms. The molecule has 0 saturated heterocycles. The number of benzene rings is 1. The minimum absolute atomic E-state index is 0.126. The van der Waals surface area contributed by atoms with E-state index >= 15 is 0 Å². The number of hydrogen-bond acceptors (Lipinski definition) is 6. The van der Waals surface area contributed by atoms with Gasteiger partial charge in [-0.25, -0.2) is 9.37 Å². The predicted octanol–water partition coefficient (Wildman–Crippen LogP) is 3.16. The van der Waals surface area contributed by atoms with E-state index in [0.717, 1.165) is 5.56 Å². The molecule has 3 N–H and O–H groups in total. The zero-order valence-electron chi connectivity index (χ0n) is 16.1. The Morgan fingerprint density at radius 3 is 2.73 bits per heavy atom. The molecule has 0 aliphatic heterocycles. The van der Waals surface area contributed by atoms with Crippen molar-refractivity contribution in [2.45, 2.75) is 26.0 Å². The fraction of sp³-hybridized carbons (Fsp3) is 0.182. The van der Waals surface area contributed by atoms with Gasteiger partial charge < -0.3 is 15.8 Å². The van der Waals surface area contributed by atoms with Crippen molar-refractivity contribution in [3.63, 3.8) is 0 Å². The Morgan fingerprint density at radius 2 is 2.03 bits per heavy atom. The van der Waals surface area contributed by atoms with Gasteiger partial charge in [-0.15, -0.1) is 0 Å². The molecule has 0 bridgehead atoms. The van der Waals surface area contributed by atoms with Gasteiger partial charge in [0.1, 0.15) is 24.0 Å². The van der Waals surface area contributed by atoms with Crippen molar-refractivity contribution >= 4 is 11.7 Å². The summed E-state index contributed by atoms with van der Waals surface area (Å²) in [5.41, 5.74) is 8.29. The lowest BCUT2D eigenvalue weighted by molar-refractivity contribution is 0.0951. The first-order chi connectivity index (χ1) is 14.5. The number of aromatic nitrogens is 2. The second-order valence-corrected chi connectivity index (χ2v) is 6.48. The van der Waals surface area contributed by atoms with E-state index in [-0.39, 0.29) is 36.3 Å². The van der Waals surface area contributed by atoms with Gasteiger partial charge >= 0.3 is 0 Å². The van der Waals surface area contributed by atoms with Gasteiger partial charge in [0.25, 0.3) is 5.91 Å². The Bertz CT molecular complexity index is 1060. The van der Waals surface area contributed by atoms with Crippen LogP contribution in [0.2, 0.25) is 0 Å². The Kier molecular flexibility index (Phi) is 6.90. The third-order valence-electron chi connectivity index (χ3n) is 4.24. The van der Waals surface area contributed by atoms with E-state index in [1.807, 2.05) is 12.1 Å². The van der Waals surface area contributed by atoms with Gasteiger partial charge in [-0.2, -0.15) is 5.26 Å². The number of rotatable bonds is 8. The highest BCUT2D eigenvalue weighted by atomic mass is 19.1. The molecule has 2 aromatic heterocycles. The van der Waals surface area contributed by atoms with Crippen LogP contribution >= 0.6 is 0 Å². The largest absolute Gasteiger partial charge is 0.489 e. The van der Waals surface area contributed by atoms with Gasteiger partial charge in [-0.3, -0.25) is 9.78 Å².